The third-order valence-electron chi connectivity index (χ3n) is 6.09. The first kappa shape index (κ1) is 16.3. The van der Waals surface area contributed by atoms with E-state index < -0.39 is 11.8 Å². The molecule has 0 aromatic carbocycles. The van der Waals surface area contributed by atoms with Crippen LogP contribution in [0.5, 0.6) is 0 Å². The highest BCUT2D eigenvalue weighted by Gasteiger charge is 2.56. The van der Waals surface area contributed by atoms with Gasteiger partial charge >= 0.3 is 0 Å². The molecule has 2 heterocycles. The van der Waals surface area contributed by atoms with E-state index in [1.165, 1.54) is 0 Å². The predicted molar refractivity (Wildman–Crippen MR) is 87.1 cm³/mol. The van der Waals surface area contributed by atoms with Gasteiger partial charge in [0.25, 0.3) is 0 Å². The molecule has 0 unspecified atom stereocenters. The molecule has 134 valence electrons. The summed E-state index contributed by atoms with van der Waals surface area (Å²) in [6, 6.07) is -0.440. The lowest BCUT2D eigenvalue weighted by molar-refractivity contribution is -0.165. The summed E-state index contributed by atoms with van der Waals surface area (Å²) in [5, 5.41) is 0. The average molecular weight is 336 g/mol. The predicted octanol–water partition coefficient (Wildman–Crippen LogP) is 1.39. The zero-order valence-corrected chi connectivity index (χ0v) is 14.5. The highest BCUT2D eigenvalue weighted by molar-refractivity contribution is 5.90. The minimum atomic E-state index is -0.529. The van der Waals surface area contributed by atoms with Crippen molar-refractivity contribution in [3.63, 3.8) is 0 Å². The molecule has 2 saturated carbocycles. The summed E-state index contributed by atoms with van der Waals surface area (Å²) in [5.74, 6) is 0.977. The Bertz CT molecular complexity index is 505. The molecule has 2 saturated heterocycles. The van der Waals surface area contributed by atoms with Crippen molar-refractivity contribution in [2.75, 3.05) is 32.9 Å². The Balaban J connectivity index is 1.56. The smallest absolute Gasteiger partial charge is 0.248 e. The van der Waals surface area contributed by atoms with Crippen LogP contribution in [0.2, 0.25) is 0 Å². The van der Waals surface area contributed by atoms with Crippen LogP contribution in [0.4, 0.5) is 0 Å². The van der Waals surface area contributed by atoms with Gasteiger partial charge in [-0.3, -0.25) is 14.5 Å². The molecule has 2 aliphatic carbocycles. The molecule has 2 aliphatic heterocycles. The molecule has 1 spiro atoms. The summed E-state index contributed by atoms with van der Waals surface area (Å²) in [7, 11) is 0. The molecule has 6 heteroatoms. The van der Waals surface area contributed by atoms with Crippen LogP contribution in [0.3, 0.4) is 0 Å². The number of carbonyl (C=O) groups is 2. The molecule has 0 aromatic heterocycles. The molecule has 4 aliphatic rings. The first-order valence-electron chi connectivity index (χ1n) is 9.44. The minimum Gasteiger partial charge on any atom is -0.378 e. The van der Waals surface area contributed by atoms with Gasteiger partial charge < -0.3 is 14.4 Å². The first-order chi connectivity index (χ1) is 11.6. The summed E-state index contributed by atoms with van der Waals surface area (Å²) in [5.41, 5.74) is -0.529. The molecule has 1 atom stereocenters. The Morgan fingerprint density at radius 1 is 1.00 bits per heavy atom. The van der Waals surface area contributed by atoms with Crippen LogP contribution in [0.25, 0.3) is 0 Å². The SMILES string of the molecule is CC1CCC2(CC1)OC[C@H](C(=O)N1CCOCC1)N2C(=O)C1CC1. The van der Waals surface area contributed by atoms with Gasteiger partial charge in [-0.15, -0.1) is 0 Å². The quantitative estimate of drug-likeness (QED) is 0.765. The summed E-state index contributed by atoms with van der Waals surface area (Å²) >= 11 is 0. The van der Waals surface area contributed by atoms with Crippen LogP contribution < -0.4 is 0 Å². The van der Waals surface area contributed by atoms with Crippen molar-refractivity contribution in [3.8, 4) is 0 Å². The van der Waals surface area contributed by atoms with Crippen molar-refractivity contribution < 1.29 is 19.1 Å². The van der Waals surface area contributed by atoms with Gasteiger partial charge in [-0.2, -0.15) is 0 Å². The topological polar surface area (TPSA) is 59.1 Å². The van der Waals surface area contributed by atoms with Gasteiger partial charge in [0, 0.05) is 19.0 Å². The van der Waals surface area contributed by atoms with E-state index >= 15 is 0 Å². The Morgan fingerprint density at radius 2 is 1.67 bits per heavy atom. The standard InChI is InChI=1S/C18H28N2O4/c1-13-4-6-18(7-5-13)20(16(21)14-2-3-14)15(12-24-18)17(22)19-8-10-23-11-9-19/h13-15H,2-12H2,1H3/t13?,15-,18?/m1/s1. The second-order valence-corrected chi connectivity index (χ2v) is 7.88. The van der Waals surface area contributed by atoms with E-state index in [0.717, 1.165) is 38.5 Å². The third kappa shape index (κ3) is 2.84. The maximum Gasteiger partial charge on any atom is 0.248 e. The van der Waals surface area contributed by atoms with Gasteiger partial charge in [0.2, 0.25) is 11.8 Å². The summed E-state index contributed by atoms with van der Waals surface area (Å²) in [6.07, 6.45) is 5.76. The van der Waals surface area contributed by atoms with Gasteiger partial charge in [-0.05, 0) is 44.4 Å². The molecule has 0 aromatic rings. The van der Waals surface area contributed by atoms with Crippen molar-refractivity contribution in [3.05, 3.63) is 0 Å². The van der Waals surface area contributed by atoms with Crippen molar-refractivity contribution in [2.24, 2.45) is 11.8 Å². The Hall–Kier alpha value is -1.14. The molecular weight excluding hydrogens is 308 g/mol. The van der Waals surface area contributed by atoms with E-state index in [-0.39, 0.29) is 17.7 Å². The van der Waals surface area contributed by atoms with E-state index in [0.29, 0.717) is 38.8 Å². The molecule has 0 bridgehead atoms. The third-order valence-corrected chi connectivity index (χ3v) is 6.09. The van der Waals surface area contributed by atoms with Crippen LogP contribution in [0.1, 0.15) is 45.4 Å². The number of nitrogens with zero attached hydrogens (tertiary/aromatic N) is 2. The van der Waals surface area contributed by atoms with E-state index in [9.17, 15) is 9.59 Å². The second-order valence-electron chi connectivity index (χ2n) is 7.88. The fraction of sp³-hybridized carbons (Fsp3) is 0.889. The van der Waals surface area contributed by atoms with E-state index in [1.54, 1.807) is 0 Å². The van der Waals surface area contributed by atoms with Crippen LogP contribution in [-0.2, 0) is 19.1 Å². The number of amides is 2. The average Bonchev–Trinajstić information content (AvgIpc) is 3.40. The van der Waals surface area contributed by atoms with Gasteiger partial charge in [0.15, 0.2) is 0 Å². The van der Waals surface area contributed by atoms with Crippen LogP contribution in [0, 0.1) is 11.8 Å². The van der Waals surface area contributed by atoms with Gasteiger partial charge in [-0.25, -0.2) is 0 Å². The summed E-state index contributed by atoms with van der Waals surface area (Å²) in [6.45, 7) is 5.00. The fourth-order valence-electron chi connectivity index (χ4n) is 4.32. The van der Waals surface area contributed by atoms with Crippen molar-refractivity contribution in [1.29, 1.82) is 0 Å². The molecular formula is C18H28N2O4. The van der Waals surface area contributed by atoms with Crippen LogP contribution in [-0.4, -0.2) is 66.3 Å². The lowest BCUT2D eigenvalue weighted by Crippen LogP contribution is -2.58. The molecule has 0 N–H and O–H groups in total. The number of ether oxygens (including phenoxy) is 2. The van der Waals surface area contributed by atoms with Gasteiger partial charge in [0.1, 0.15) is 11.8 Å². The summed E-state index contributed by atoms with van der Waals surface area (Å²) in [4.78, 5) is 29.8. The Morgan fingerprint density at radius 3 is 2.29 bits per heavy atom. The van der Waals surface area contributed by atoms with E-state index in [4.69, 9.17) is 9.47 Å². The number of carbonyl (C=O) groups excluding carboxylic acids is 2. The van der Waals surface area contributed by atoms with Crippen LogP contribution >= 0.6 is 0 Å². The maximum absolute atomic E-state index is 13.0. The highest BCUT2D eigenvalue weighted by Crippen LogP contribution is 2.45. The molecule has 4 fully saturated rings. The maximum atomic E-state index is 13.0. The number of hydrogen-bond donors (Lipinski definition) is 0. The van der Waals surface area contributed by atoms with Gasteiger partial charge in [0.05, 0.1) is 19.8 Å². The fourth-order valence-corrected chi connectivity index (χ4v) is 4.32. The molecule has 4 rings (SSSR count). The molecule has 6 nitrogen and oxygen atoms in total. The molecule has 2 amide bonds. The number of rotatable bonds is 2. The van der Waals surface area contributed by atoms with Gasteiger partial charge in [-0.1, -0.05) is 6.92 Å². The second kappa shape index (κ2) is 6.30. The largest absolute Gasteiger partial charge is 0.378 e. The number of morpholine rings is 1. The Labute approximate surface area is 143 Å². The highest BCUT2D eigenvalue weighted by atomic mass is 16.5. The van der Waals surface area contributed by atoms with Crippen molar-refractivity contribution >= 4 is 11.8 Å². The normalized spacial score (nSPS) is 37.0. The first-order valence-corrected chi connectivity index (χ1v) is 9.44. The Kier molecular flexibility index (Phi) is 4.29. The lowest BCUT2D eigenvalue weighted by Gasteiger charge is -2.43. The van der Waals surface area contributed by atoms with Crippen molar-refractivity contribution in [1.82, 2.24) is 9.80 Å². The van der Waals surface area contributed by atoms with Crippen molar-refractivity contribution in [2.45, 2.75) is 57.2 Å². The monoisotopic (exact) mass is 336 g/mol. The number of hydrogen-bond acceptors (Lipinski definition) is 4. The summed E-state index contributed by atoms with van der Waals surface area (Å²) < 4.78 is 11.5. The molecule has 0 radical (unpaired) electrons. The zero-order chi connectivity index (χ0) is 16.7. The van der Waals surface area contributed by atoms with Crippen LogP contribution in [0.15, 0.2) is 0 Å². The lowest BCUT2D eigenvalue weighted by atomic mass is 9.83. The zero-order valence-electron chi connectivity index (χ0n) is 14.5. The van der Waals surface area contributed by atoms with E-state index in [2.05, 4.69) is 6.92 Å². The van der Waals surface area contributed by atoms with E-state index in [1.807, 2.05) is 9.80 Å². The molecule has 24 heavy (non-hydrogen) atoms. The minimum absolute atomic E-state index is 0.0443.